The summed E-state index contributed by atoms with van der Waals surface area (Å²) in [5.41, 5.74) is 1.31. The van der Waals surface area contributed by atoms with Crippen LogP contribution in [0.3, 0.4) is 0 Å². The van der Waals surface area contributed by atoms with Crippen molar-refractivity contribution >= 4 is 17.7 Å². The third-order valence-electron chi connectivity index (χ3n) is 6.94. The molecule has 3 aromatic carbocycles. The molecule has 2 saturated heterocycles. The summed E-state index contributed by atoms with van der Waals surface area (Å²) in [6, 6.07) is 19.3. The summed E-state index contributed by atoms with van der Waals surface area (Å²) in [7, 11) is 0. The highest BCUT2D eigenvalue weighted by molar-refractivity contribution is 5.89. The number of nitrogens with one attached hydrogen (secondary N) is 2. The van der Waals surface area contributed by atoms with E-state index in [1.807, 2.05) is 30.3 Å². The van der Waals surface area contributed by atoms with Crippen LogP contribution in [-0.4, -0.2) is 66.9 Å². The van der Waals surface area contributed by atoms with Crippen molar-refractivity contribution in [3.8, 4) is 0 Å². The highest BCUT2D eigenvalue weighted by atomic mass is 19.1. The molecule has 41 heavy (non-hydrogen) atoms. The molecular formula is C30H30F2N2O7. The van der Waals surface area contributed by atoms with E-state index in [9.17, 15) is 23.5 Å². The molecule has 0 bridgehead atoms. The van der Waals surface area contributed by atoms with Crippen LogP contribution in [0.25, 0.3) is 0 Å². The number of benzene rings is 3. The summed E-state index contributed by atoms with van der Waals surface area (Å²) < 4.78 is 51.2. The first-order valence-electron chi connectivity index (χ1n) is 13.2. The molecule has 2 amide bonds. The smallest absolute Gasteiger partial charge is 0.338 e. The number of ether oxygens (including phenoxy) is 4. The van der Waals surface area contributed by atoms with E-state index < -0.39 is 66.9 Å². The van der Waals surface area contributed by atoms with Gasteiger partial charge in [-0.05, 0) is 48.0 Å². The summed E-state index contributed by atoms with van der Waals surface area (Å²) in [6.07, 6.45) is -4.04. The maximum absolute atomic E-state index is 13.4. The lowest BCUT2D eigenvalue weighted by Crippen LogP contribution is -2.59. The lowest BCUT2D eigenvalue weighted by atomic mass is 9.94. The summed E-state index contributed by atoms with van der Waals surface area (Å²) in [5, 5.41) is 15.4. The fourth-order valence-electron chi connectivity index (χ4n) is 4.98. The number of aliphatic hydroxyl groups is 1. The molecule has 6 atom stereocenters. The van der Waals surface area contributed by atoms with Gasteiger partial charge in [-0.3, -0.25) is 0 Å². The largest absolute Gasteiger partial charge is 0.453 e. The van der Waals surface area contributed by atoms with Crippen molar-refractivity contribution in [3.63, 3.8) is 0 Å². The average molecular weight is 569 g/mol. The van der Waals surface area contributed by atoms with Crippen molar-refractivity contribution in [2.24, 2.45) is 0 Å². The highest BCUT2D eigenvalue weighted by Crippen LogP contribution is 2.36. The standard InChI is InChI=1S/C30H30F2N2O7/c31-20-11-9-19(10-12-20)29(36)41-27-25(16-35)40-24-14-23(15-33-30(37)34-22-8-4-7-21(32)13-22)39-26(24)28(27)38-17-18-5-2-1-3-6-18/h1-13,23-28,35H,14-17H2,(H2,33,34,37)/t23?,24-,25-,26+,27-,28-/m1/s1. The lowest BCUT2D eigenvalue weighted by Gasteiger charge is -2.42. The van der Waals surface area contributed by atoms with Crippen molar-refractivity contribution in [1.29, 1.82) is 0 Å². The molecule has 0 radical (unpaired) electrons. The number of esters is 1. The normalized spacial score (nSPS) is 25.2. The van der Waals surface area contributed by atoms with Gasteiger partial charge >= 0.3 is 12.0 Å². The predicted octanol–water partition coefficient (Wildman–Crippen LogP) is 3.81. The van der Waals surface area contributed by atoms with Gasteiger partial charge in [-0.15, -0.1) is 0 Å². The second kappa shape index (κ2) is 13.2. The van der Waals surface area contributed by atoms with Crippen LogP contribution in [0.1, 0.15) is 22.3 Å². The molecule has 11 heteroatoms. The molecule has 1 unspecified atom stereocenters. The first-order valence-corrected chi connectivity index (χ1v) is 13.2. The molecule has 3 N–H and O–H groups in total. The van der Waals surface area contributed by atoms with Crippen LogP contribution >= 0.6 is 0 Å². The number of fused-ring (bicyclic) bond motifs is 1. The van der Waals surface area contributed by atoms with Gasteiger partial charge in [0.15, 0.2) is 6.10 Å². The fourth-order valence-corrected chi connectivity index (χ4v) is 4.98. The average Bonchev–Trinajstić information content (AvgIpc) is 3.39. The van der Waals surface area contributed by atoms with Crippen LogP contribution in [-0.2, 0) is 25.6 Å². The summed E-state index contributed by atoms with van der Waals surface area (Å²) >= 11 is 0. The molecule has 0 saturated carbocycles. The Morgan fingerprint density at radius 2 is 1.71 bits per heavy atom. The number of urea groups is 1. The number of rotatable bonds is 9. The third kappa shape index (κ3) is 7.25. The molecule has 0 spiro atoms. The Bertz CT molecular complexity index is 1330. The van der Waals surface area contributed by atoms with Crippen molar-refractivity contribution in [1.82, 2.24) is 5.32 Å². The molecule has 2 aliphatic rings. The molecule has 2 fully saturated rings. The second-order valence-corrected chi connectivity index (χ2v) is 9.84. The second-order valence-electron chi connectivity index (χ2n) is 9.84. The van der Waals surface area contributed by atoms with E-state index in [0.29, 0.717) is 12.1 Å². The van der Waals surface area contributed by atoms with Gasteiger partial charge in [0, 0.05) is 18.7 Å². The summed E-state index contributed by atoms with van der Waals surface area (Å²) in [5.74, 6) is -1.70. The van der Waals surface area contributed by atoms with Gasteiger partial charge in [0.05, 0.1) is 31.0 Å². The molecule has 9 nitrogen and oxygen atoms in total. The zero-order valence-corrected chi connectivity index (χ0v) is 22.0. The number of hydrogen-bond donors (Lipinski definition) is 3. The number of aliphatic hydroxyl groups excluding tert-OH is 1. The Kier molecular flexibility index (Phi) is 9.20. The fraction of sp³-hybridized carbons (Fsp3) is 0.333. The van der Waals surface area contributed by atoms with E-state index in [-0.39, 0.29) is 18.7 Å². The van der Waals surface area contributed by atoms with Crippen LogP contribution in [0.5, 0.6) is 0 Å². The van der Waals surface area contributed by atoms with E-state index in [1.165, 1.54) is 30.3 Å². The number of hydrogen-bond acceptors (Lipinski definition) is 7. The van der Waals surface area contributed by atoms with E-state index in [4.69, 9.17) is 18.9 Å². The van der Waals surface area contributed by atoms with Gasteiger partial charge in [0.2, 0.25) is 0 Å². The SMILES string of the molecule is O=C(NCC1C[C@H]2O[C@H](CO)[C@@H](OC(=O)c3ccc(F)cc3)[C@H](OCc3ccccc3)[C@H]2O1)Nc1cccc(F)c1. The van der Waals surface area contributed by atoms with Gasteiger partial charge in [-0.2, -0.15) is 0 Å². The van der Waals surface area contributed by atoms with Gasteiger partial charge < -0.3 is 34.7 Å². The van der Waals surface area contributed by atoms with Crippen LogP contribution in [0.4, 0.5) is 19.3 Å². The molecular weight excluding hydrogens is 538 g/mol. The highest BCUT2D eigenvalue weighted by Gasteiger charge is 2.53. The molecule has 2 aliphatic heterocycles. The number of carbonyl (C=O) groups excluding carboxylic acids is 2. The van der Waals surface area contributed by atoms with Crippen LogP contribution in [0, 0.1) is 11.6 Å². The zero-order valence-electron chi connectivity index (χ0n) is 22.0. The Hall–Kier alpha value is -3.90. The van der Waals surface area contributed by atoms with Crippen molar-refractivity contribution < 1.29 is 42.4 Å². The van der Waals surface area contributed by atoms with E-state index >= 15 is 0 Å². The predicted molar refractivity (Wildman–Crippen MR) is 143 cm³/mol. The number of carbonyl (C=O) groups is 2. The minimum atomic E-state index is -1.04. The summed E-state index contributed by atoms with van der Waals surface area (Å²) in [4.78, 5) is 25.3. The number of amides is 2. The zero-order chi connectivity index (χ0) is 28.8. The van der Waals surface area contributed by atoms with Gasteiger partial charge in [0.1, 0.15) is 29.9 Å². The Balaban J connectivity index is 1.28. The Morgan fingerprint density at radius 1 is 0.927 bits per heavy atom. The van der Waals surface area contributed by atoms with Gasteiger partial charge in [0.25, 0.3) is 0 Å². The van der Waals surface area contributed by atoms with Crippen LogP contribution < -0.4 is 10.6 Å². The minimum absolute atomic E-state index is 0.118. The maximum Gasteiger partial charge on any atom is 0.338 e. The van der Waals surface area contributed by atoms with Gasteiger partial charge in [-0.1, -0.05) is 36.4 Å². The van der Waals surface area contributed by atoms with Crippen molar-refractivity contribution in [3.05, 3.63) is 102 Å². The Labute approximate surface area is 235 Å². The Morgan fingerprint density at radius 3 is 2.44 bits per heavy atom. The van der Waals surface area contributed by atoms with E-state index in [0.717, 1.165) is 17.7 Å². The first kappa shape index (κ1) is 28.6. The maximum atomic E-state index is 13.4. The molecule has 2 heterocycles. The molecule has 3 aromatic rings. The van der Waals surface area contributed by atoms with Crippen LogP contribution in [0.15, 0.2) is 78.9 Å². The van der Waals surface area contributed by atoms with E-state index in [1.54, 1.807) is 6.07 Å². The molecule has 0 aliphatic carbocycles. The molecule has 216 valence electrons. The number of halogens is 2. The first-order chi connectivity index (χ1) is 19.9. The monoisotopic (exact) mass is 568 g/mol. The molecule has 0 aromatic heterocycles. The minimum Gasteiger partial charge on any atom is -0.453 e. The van der Waals surface area contributed by atoms with Crippen molar-refractivity contribution in [2.75, 3.05) is 18.5 Å². The van der Waals surface area contributed by atoms with E-state index in [2.05, 4.69) is 10.6 Å². The van der Waals surface area contributed by atoms with Gasteiger partial charge in [-0.25, -0.2) is 18.4 Å². The van der Waals surface area contributed by atoms with Crippen LogP contribution in [0.2, 0.25) is 0 Å². The summed E-state index contributed by atoms with van der Waals surface area (Å²) in [6.45, 7) is -0.152. The third-order valence-corrected chi connectivity index (χ3v) is 6.94. The number of anilines is 1. The quantitative estimate of drug-likeness (QED) is 0.336. The topological polar surface area (TPSA) is 115 Å². The molecule has 5 rings (SSSR count). The van der Waals surface area contributed by atoms with Crippen molar-refractivity contribution in [2.45, 2.75) is 49.7 Å². The lowest BCUT2D eigenvalue weighted by molar-refractivity contribution is -0.233.